The maximum absolute atomic E-state index is 12.3. The van der Waals surface area contributed by atoms with Gasteiger partial charge in [-0.05, 0) is 18.1 Å². The zero-order valence-corrected chi connectivity index (χ0v) is 13.9. The minimum absolute atomic E-state index is 0.0682. The van der Waals surface area contributed by atoms with E-state index >= 15 is 0 Å². The van der Waals surface area contributed by atoms with Crippen LogP contribution in [0.1, 0.15) is 23.5 Å². The first-order valence-electron chi connectivity index (χ1n) is 8.03. The number of aliphatic hydroxyl groups is 1. The fourth-order valence-corrected chi connectivity index (χ4v) is 2.58. The molecule has 2 aromatic rings. The van der Waals surface area contributed by atoms with E-state index in [1.165, 1.54) is 4.90 Å². The number of nitrogens with one attached hydrogen (secondary N) is 1. The normalized spacial score (nSPS) is 11.8. The predicted octanol–water partition coefficient (Wildman–Crippen LogP) is 2.70. The van der Waals surface area contributed by atoms with Crippen molar-refractivity contribution in [3.05, 3.63) is 65.7 Å². The topological polar surface area (TPSA) is 72.8 Å². The molecule has 24 heavy (non-hydrogen) atoms. The fraction of sp³-hybridized carbons (Fsp3) is 0.316. The maximum Gasteiger partial charge on any atom is 0.317 e. The Balaban J connectivity index is 1.92. The highest BCUT2D eigenvalue weighted by Gasteiger charge is 2.15. The molecule has 1 atom stereocenters. The molecule has 5 heteroatoms. The van der Waals surface area contributed by atoms with Crippen LogP contribution in [0.4, 0.5) is 4.79 Å². The maximum atomic E-state index is 12.3. The van der Waals surface area contributed by atoms with Crippen LogP contribution < -0.4 is 5.32 Å². The number of phenolic OH excluding ortho intramolecular Hbond substituents is 1. The van der Waals surface area contributed by atoms with E-state index in [4.69, 9.17) is 0 Å². The molecule has 2 aromatic carbocycles. The van der Waals surface area contributed by atoms with Gasteiger partial charge in [0, 0.05) is 31.7 Å². The van der Waals surface area contributed by atoms with Crippen molar-refractivity contribution < 1.29 is 15.0 Å². The molecule has 5 nitrogen and oxygen atoms in total. The van der Waals surface area contributed by atoms with E-state index in [0.717, 1.165) is 5.56 Å². The molecule has 0 aliphatic carbocycles. The summed E-state index contributed by atoms with van der Waals surface area (Å²) in [7, 11) is 1.69. The lowest BCUT2D eigenvalue weighted by atomic mass is 9.96. The molecule has 1 unspecified atom stereocenters. The molecule has 2 amide bonds. The summed E-state index contributed by atoms with van der Waals surface area (Å²) >= 11 is 0. The largest absolute Gasteiger partial charge is 0.508 e. The van der Waals surface area contributed by atoms with E-state index < -0.39 is 0 Å². The van der Waals surface area contributed by atoms with Crippen LogP contribution in [0, 0.1) is 0 Å². The third kappa shape index (κ3) is 4.99. The third-order valence-electron chi connectivity index (χ3n) is 3.99. The number of amides is 2. The van der Waals surface area contributed by atoms with Crippen LogP contribution >= 0.6 is 0 Å². The number of benzene rings is 2. The molecule has 3 N–H and O–H groups in total. The lowest BCUT2D eigenvalue weighted by Gasteiger charge is -2.22. The average molecular weight is 328 g/mol. The molecule has 128 valence electrons. The monoisotopic (exact) mass is 328 g/mol. The lowest BCUT2D eigenvalue weighted by molar-refractivity contribution is 0.204. The van der Waals surface area contributed by atoms with Gasteiger partial charge in [-0.1, -0.05) is 48.5 Å². The number of urea groups is 1. The summed E-state index contributed by atoms with van der Waals surface area (Å²) in [5, 5.41) is 21.9. The first-order chi connectivity index (χ1) is 11.6. The van der Waals surface area contributed by atoms with Crippen LogP contribution in [0.25, 0.3) is 0 Å². The first-order valence-corrected chi connectivity index (χ1v) is 8.03. The Bertz CT molecular complexity index is 646. The summed E-state index contributed by atoms with van der Waals surface area (Å²) in [5.74, 6) is 0.248. The number of nitrogens with zero attached hydrogens (tertiary/aromatic N) is 1. The van der Waals surface area contributed by atoms with Crippen molar-refractivity contribution in [2.24, 2.45) is 0 Å². The molecule has 0 aromatic heterocycles. The molecule has 2 rings (SSSR count). The van der Waals surface area contributed by atoms with E-state index in [2.05, 4.69) is 5.32 Å². The van der Waals surface area contributed by atoms with Gasteiger partial charge in [0.2, 0.25) is 0 Å². The number of para-hydroxylation sites is 1. The van der Waals surface area contributed by atoms with Gasteiger partial charge < -0.3 is 20.4 Å². The van der Waals surface area contributed by atoms with E-state index in [1.807, 2.05) is 36.4 Å². The SMILES string of the molecule is CN(Cc1ccccc1O)C(=O)NCC(CCO)c1ccccc1. The van der Waals surface area contributed by atoms with E-state index in [-0.39, 0.29) is 24.3 Å². The summed E-state index contributed by atoms with van der Waals surface area (Å²) < 4.78 is 0. The standard InChI is InChI=1S/C19H24N2O3/c1-21(14-17-9-5-6-10-18(17)23)19(24)20-13-16(11-12-22)15-7-3-2-4-8-15/h2-10,16,22-23H,11-14H2,1H3,(H,20,24). The number of carbonyl (C=O) groups excluding carboxylic acids is 1. The zero-order valence-electron chi connectivity index (χ0n) is 13.9. The Labute approximate surface area is 142 Å². The van der Waals surface area contributed by atoms with Crippen molar-refractivity contribution >= 4 is 6.03 Å². The number of carbonyl (C=O) groups is 1. The minimum Gasteiger partial charge on any atom is -0.508 e. The second-order valence-electron chi connectivity index (χ2n) is 5.79. The molecule has 0 aliphatic heterocycles. The van der Waals surface area contributed by atoms with E-state index in [0.29, 0.717) is 25.1 Å². The highest BCUT2D eigenvalue weighted by molar-refractivity contribution is 5.74. The summed E-state index contributed by atoms with van der Waals surface area (Å²) in [6, 6.07) is 16.6. The van der Waals surface area contributed by atoms with Crippen molar-refractivity contribution in [3.8, 4) is 5.75 Å². The van der Waals surface area contributed by atoms with Crippen molar-refractivity contribution in [1.82, 2.24) is 10.2 Å². The lowest BCUT2D eigenvalue weighted by Crippen LogP contribution is -2.39. The first kappa shape index (κ1) is 17.8. The van der Waals surface area contributed by atoms with Crippen LogP contribution in [0.5, 0.6) is 5.75 Å². The molecule has 0 saturated heterocycles. The van der Waals surface area contributed by atoms with Crippen LogP contribution in [0.3, 0.4) is 0 Å². The Morgan fingerprint density at radius 1 is 1.12 bits per heavy atom. The number of phenols is 1. The second kappa shape index (κ2) is 8.93. The molecule has 0 aliphatic rings. The second-order valence-corrected chi connectivity index (χ2v) is 5.79. The Morgan fingerprint density at radius 3 is 2.46 bits per heavy atom. The molecule has 0 bridgehead atoms. The fourth-order valence-electron chi connectivity index (χ4n) is 2.58. The van der Waals surface area contributed by atoms with E-state index in [9.17, 15) is 15.0 Å². The van der Waals surface area contributed by atoms with E-state index in [1.54, 1.807) is 25.2 Å². The van der Waals surface area contributed by atoms with Gasteiger partial charge in [-0.15, -0.1) is 0 Å². The van der Waals surface area contributed by atoms with Crippen molar-refractivity contribution in [1.29, 1.82) is 0 Å². The van der Waals surface area contributed by atoms with Gasteiger partial charge in [0.05, 0.1) is 6.54 Å². The molecule has 0 radical (unpaired) electrons. The third-order valence-corrected chi connectivity index (χ3v) is 3.99. The molecule has 0 spiro atoms. The van der Waals surface area contributed by atoms with Crippen LogP contribution in [0.2, 0.25) is 0 Å². The highest BCUT2D eigenvalue weighted by atomic mass is 16.3. The van der Waals surface area contributed by atoms with Gasteiger partial charge in [0.15, 0.2) is 0 Å². The molecular weight excluding hydrogens is 304 g/mol. The summed E-state index contributed by atoms with van der Waals surface area (Å²) in [6.07, 6.45) is 0.591. The zero-order chi connectivity index (χ0) is 17.4. The minimum atomic E-state index is -0.211. The van der Waals surface area contributed by atoms with Crippen molar-refractivity contribution in [2.75, 3.05) is 20.2 Å². The predicted molar refractivity (Wildman–Crippen MR) is 93.9 cm³/mol. The number of rotatable bonds is 7. The quantitative estimate of drug-likeness (QED) is 0.732. The number of aromatic hydroxyl groups is 1. The van der Waals surface area contributed by atoms with Gasteiger partial charge in [-0.25, -0.2) is 4.79 Å². The Hall–Kier alpha value is -2.53. The smallest absolute Gasteiger partial charge is 0.317 e. The summed E-state index contributed by atoms with van der Waals surface area (Å²) in [4.78, 5) is 13.8. The molecule has 0 heterocycles. The number of hydrogen-bond acceptors (Lipinski definition) is 3. The van der Waals surface area contributed by atoms with Gasteiger partial charge in [-0.3, -0.25) is 0 Å². The van der Waals surface area contributed by atoms with Crippen LogP contribution in [-0.4, -0.2) is 41.3 Å². The van der Waals surface area contributed by atoms with Gasteiger partial charge in [-0.2, -0.15) is 0 Å². The molecular formula is C19H24N2O3. The Kier molecular flexibility index (Phi) is 6.63. The number of hydrogen-bond donors (Lipinski definition) is 3. The van der Waals surface area contributed by atoms with Crippen LogP contribution in [-0.2, 0) is 6.54 Å². The summed E-state index contributed by atoms with van der Waals surface area (Å²) in [5.41, 5.74) is 1.79. The van der Waals surface area contributed by atoms with Gasteiger partial charge in [0.1, 0.15) is 5.75 Å². The Morgan fingerprint density at radius 2 is 1.79 bits per heavy atom. The van der Waals surface area contributed by atoms with Gasteiger partial charge >= 0.3 is 6.03 Å². The average Bonchev–Trinajstić information content (AvgIpc) is 2.61. The van der Waals surface area contributed by atoms with Crippen molar-refractivity contribution in [3.63, 3.8) is 0 Å². The van der Waals surface area contributed by atoms with Crippen LogP contribution in [0.15, 0.2) is 54.6 Å². The van der Waals surface area contributed by atoms with Crippen molar-refractivity contribution in [2.45, 2.75) is 18.9 Å². The molecule has 0 saturated carbocycles. The highest BCUT2D eigenvalue weighted by Crippen LogP contribution is 2.19. The van der Waals surface area contributed by atoms with Gasteiger partial charge in [0.25, 0.3) is 0 Å². The summed E-state index contributed by atoms with van der Waals surface area (Å²) in [6.45, 7) is 0.853. The molecule has 0 fully saturated rings. The number of aliphatic hydroxyl groups excluding tert-OH is 1.